The maximum Gasteiger partial charge on any atom is 0.0553 e. The van der Waals surface area contributed by atoms with Gasteiger partial charge < -0.3 is 10.1 Å². The van der Waals surface area contributed by atoms with Gasteiger partial charge in [0.2, 0.25) is 0 Å². The van der Waals surface area contributed by atoms with E-state index in [1.807, 2.05) is 0 Å². The minimum atomic E-state index is 0.487. The molecule has 0 radical (unpaired) electrons. The van der Waals surface area contributed by atoms with E-state index in [0.29, 0.717) is 12.2 Å². The Kier molecular flexibility index (Phi) is 4.04. The third kappa shape index (κ3) is 3.46. The van der Waals surface area contributed by atoms with E-state index in [9.17, 15) is 0 Å². The van der Waals surface area contributed by atoms with Crippen LogP contribution in [0.4, 0.5) is 0 Å². The van der Waals surface area contributed by atoms with Gasteiger partial charge in [0, 0.05) is 0 Å². The summed E-state index contributed by atoms with van der Waals surface area (Å²) in [6.45, 7) is 6.92. The summed E-state index contributed by atoms with van der Waals surface area (Å²) in [6, 6.07) is 0. The lowest BCUT2D eigenvalue weighted by Gasteiger charge is -2.35. The molecule has 0 bridgehead atoms. The van der Waals surface area contributed by atoms with Crippen LogP contribution in [0.15, 0.2) is 0 Å². The molecule has 0 aromatic rings. The minimum Gasteiger partial charge on any atom is -0.376 e. The van der Waals surface area contributed by atoms with Crippen molar-refractivity contribution in [2.45, 2.75) is 58.2 Å². The Bertz CT molecular complexity index is 179. The van der Waals surface area contributed by atoms with Gasteiger partial charge in [-0.05, 0) is 70.9 Å². The number of rotatable bonds is 2. The van der Waals surface area contributed by atoms with Crippen molar-refractivity contribution in [1.82, 2.24) is 5.32 Å². The van der Waals surface area contributed by atoms with Gasteiger partial charge in [0.1, 0.15) is 0 Å². The van der Waals surface area contributed by atoms with Crippen molar-refractivity contribution in [2.24, 2.45) is 11.8 Å². The van der Waals surface area contributed by atoms with E-state index < -0.39 is 0 Å². The highest BCUT2D eigenvalue weighted by molar-refractivity contribution is 4.78. The van der Waals surface area contributed by atoms with Gasteiger partial charge in [-0.3, -0.25) is 0 Å². The molecule has 3 atom stereocenters. The number of hydrogen-bond acceptors (Lipinski definition) is 2. The molecule has 0 aromatic carbocycles. The highest BCUT2D eigenvalue weighted by Gasteiger charge is 2.27. The zero-order chi connectivity index (χ0) is 10.7. The van der Waals surface area contributed by atoms with Crippen LogP contribution in [0.3, 0.4) is 0 Å². The molecule has 2 fully saturated rings. The van der Waals surface area contributed by atoms with Gasteiger partial charge in [-0.2, -0.15) is 0 Å². The fraction of sp³-hybridized carbons (Fsp3) is 1.00. The standard InChI is InChI=1S/C13H25NO/c1-10-7-13(8-11(2)15-10)9-12-3-5-14-6-4-12/h10-14H,3-9H2,1-2H3/t10-,11+,13?. The van der Waals surface area contributed by atoms with E-state index in [2.05, 4.69) is 19.2 Å². The Hall–Kier alpha value is -0.0800. The lowest BCUT2D eigenvalue weighted by Crippen LogP contribution is -2.33. The van der Waals surface area contributed by atoms with Crippen LogP contribution in [0, 0.1) is 11.8 Å². The van der Waals surface area contributed by atoms with Crippen molar-refractivity contribution in [3.05, 3.63) is 0 Å². The normalized spacial score (nSPS) is 39.2. The molecule has 15 heavy (non-hydrogen) atoms. The minimum absolute atomic E-state index is 0.487. The fourth-order valence-corrected chi connectivity index (χ4v) is 3.32. The molecule has 88 valence electrons. The van der Waals surface area contributed by atoms with Crippen LogP contribution in [0.1, 0.15) is 46.0 Å². The van der Waals surface area contributed by atoms with Gasteiger partial charge in [-0.1, -0.05) is 0 Å². The van der Waals surface area contributed by atoms with Crippen LogP contribution in [0.25, 0.3) is 0 Å². The largest absolute Gasteiger partial charge is 0.376 e. The van der Waals surface area contributed by atoms with Crippen molar-refractivity contribution in [1.29, 1.82) is 0 Å². The third-order valence-electron chi connectivity index (χ3n) is 3.92. The Morgan fingerprint density at radius 2 is 1.60 bits per heavy atom. The highest BCUT2D eigenvalue weighted by atomic mass is 16.5. The van der Waals surface area contributed by atoms with E-state index in [4.69, 9.17) is 4.74 Å². The quantitative estimate of drug-likeness (QED) is 0.758. The molecule has 2 rings (SSSR count). The molecule has 2 aliphatic rings. The van der Waals surface area contributed by atoms with Crippen LogP contribution >= 0.6 is 0 Å². The summed E-state index contributed by atoms with van der Waals surface area (Å²) in [6.07, 6.45) is 7.77. The van der Waals surface area contributed by atoms with Crippen LogP contribution in [0.5, 0.6) is 0 Å². The second-order valence-corrected chi connectivity index (χ2v) is 5.52. The molecule has 0 amide bonds. The van der Waals surface area contributed by atoms with Gasteiger partial charge in [0.05, 0.1) is 12.2 Å². The van der Waals surface area contributed by atoms with E-state index >= 15 is 0 Å². The summed E-state index contributed by atoms with van der Waals surface area (Å²) in [7, 11) is 0. The summed E-state index contributed by atoms with van der Waals surface area (Å²) in [5, 5.41) is 3.44. The first kappa shape index (κ1) is 11.4. The second-order valence-electron chi connectivity index (χ2n) is 5.52. The van der Waals surface area contributed by atoms with Crippen molar-refractivity contribution >= 4 is 0 Å². The van der Waals surface area contributed by atoms with E-state index in [1.165, 1.54) is 45.2 Å². The second kappa shape index (κ2) is 5.31. The third-order valence-corrected chi connectivity index (χ3v) is 3.92. The Labute approximate surface area is 93.8 Å². The molecule has 0 aromatic heterocycles. The summed E-state index contributed by atoms with van der Waals surface area (Å²) >= 11 is 0. The number of hydrogen-bond donors (Lipinski definition) is 1. The molecule has 2 nitrogen and oxygen atoms in total. The van der Waals surface area contributed by atoms with Gasteiger partial charge in [-0.15, -0.1) is 0 Å². The van der Waals surface area contributed by atoms with Gasteiger partial charge >= 0.3 is 0 Å². The molecule has 1 unspecified atom stereocenters. The predicted molar refractivity (Wildman–Crippen MR) is 62.9 cm³/mol. The van der Waals surface area contributed by atoms with E-state index in [-0.39, 0.29) is 0 Å². The van der Waals surface area contributed by atoms with Crippen LogP contribution in [-0.4, -0.2) is 25.3 Å². The van der Waals surface area contributed by atoms with Gasteiger partial charge in [0.15, 0.2) is 0 Å². The lowest BCUT2D eigenvalue weighted by atomic mass is 9.81. The smallest absolute Gasteiger partial charge is 0.0553 e. The summed E-state index contributed by atoms with van der Waals surface area (Å²) < 4.78 is 5.79. The monoisotopic (exact) mass is 211 g/mol. The van der Waals surface area contributed by atoms with Crippen LogP contribution in [-0.2, 0) is 4.74 Å². The highest BCUT2D eigenvalue weighted by Crippen LogP contribution is 2.32. The zero-order valence-corrected chi connectivity index (χ0v) is 10.2. The topological polar surface area (TPSA) is 21.3 Å². The molecular formula is C13H25NO. The molecule has 2 heterocycles. The van der Waals surface area contributed by atoms with Gasteiger partial charge in [-0.25, -0.2) is 0 Å². The number of ether oxygens (including phenoxy) is 1. The Morgan fingerprint density at radius 1 is 1.00 bits per heavy atom. The maximum absolute atomic E-state index is 5.79. The van der Waals surface area contributed by atoms with Crippen molar-refractivity contribution in [3.63, 3.8) is 0 Å². The molecule has 0 aliphatic carbocycles. The van der Waals surface area contributed by atoms with Crippen LogP contribution in [0.2, 0.25) is 0 Å². The summed E-state index contributed by atoms with van der Waals surface area (Å²) in [5.41, 5.74) is 0. The first-order chi connectivity index (χ1) is 7.24. The summed E-state index contributed by atoms with van der Waals surface area (Å²) in [5.74, 6) is 1.90. The first-order valence-electron chi connectivity index (χ1n) is 6.60. The Morgan fingerprint density at radius 3 is 2.20 bits per heavy atom. The van der Waals surface area contributed by atoms with Crippen molar-refractivity contribution in [3.8, 4) is 0 Å². The molecular weight excluding hydrogens is 186 g/mol. The predicted octanol–water partition coefficient (Wildman–Crippen LogP) is 2.58. The van der Waals surface area contributed by atoms with E-state index in [1.54, 1.807) is 0 Å². The molecule has 0 saturated carbocycles. The zero-order valence-electron chi connectivity index (χ0n) is 10.2. The average molecular weight is 211 g/mol. The molecule has 1 N–H and O–H groups in total. The maximum atomic E-state index is 5.79. The lowest BCUT2D eigenvalue weighted by molar-refractivity contribution is -0.0565. The molecule has 0 spiro atoms. The van der Waals surface area contributed by atoms with Crippen molar-refractivity contribution < 1.29 is 4.74 Å². The van der Waals surface area contributed by atoms with E-state index in [0.717, 1.165) is 11.8 Å². The first-order valence-corrected chi connectivity index (χ1v) is 6.60. The van der Waals surface area contributed by atoms with Gasteiger partial charge in [0.25, 0.3) is 0 Å². The molecule has 2 aliphatic heterocycles. The molecule has 2 saturated heterocycles. The summed E-state index contributed by atoms with van der Waals surface area (Å²) in [4.78, 5) is 0. The van der Waals surface area contributed by atoms with Crippen LogP contribution < -0.4 is 5.32 Å². The Balaban J connectivity index is 1.77. The SMILES string of the molecule is C[C@@H]1CC(CC2CCNCC2)C[C@H](C)O1. The number of nitrogens with one attached hydrogen (secondary N) is 1. The van der Waals surface area contributed by atoms with Crippen molar-refractivity contribution in [2.75, 3.05) is 13.1 Å². The average Bonchev–Trinajstić information content (AvgIpc) is 2.17. The fourth-order valence-electron chi connectivity index (χ4n) is 3.32. The number of piperidine rings is 1. The molecule has 2 heteroatoms.